The number of carbonyl (C=O) groups excluding carboxylic acids is 1. The molecule has 5 rings (SSSR count). The van der Waals surface area contributed by atoms with Crippen LogP contribution in [0.3, 0.4) is 0 Å². The smallest absolute Gasteiger partial charge is 0.252 e. The summed E-state index contributed by atoms with van der Waals surface area (Å²) in [6, 6.07) is 15.2. The van der Waals surface area contributed by atoms with E-state index in [9.17, 15) is 4.79 Å². The highest BCUT2D eigenvalue weighted by molar-refractivity contribution is 6.06. The third-order valence-electron chi connectivity index (χ3n) is 5.05. The molecule has 0 saturated heterocycles. The second-order valence-corrected chi connectivity index (χ2v) is 7.07. The summed E-state index contributed by atoms with van der Waals surface area (Å²) in [7, 11) is 0. The number of nitrogens with one attached hydrogen (secondary N) is 1. The van der Waals surface area contributed by atoms with Crippen LogP contribution < -0.4 is 5.32 Å². The van der Waals surface area contributed by atoms with Gasteiger partial charge in [-0.05, 0) is 44.0 Å². The van der Waals surface area contributed by atoms with Gasteiger partial charge in [0.1, 0.15) is 0 Å². The average Bonchev–Trinajstić information content (AvgIpc) is 3.46. The number of aromatic nitrogens is 4. The molecule has 1 aliphatic rings. The van der Waals surface area contributed by atoms with E-state index in [-0.39, 0.29) is 11.9 Å². The third-order valence-corrected chi connectivity index (χ3v) is 5.05. The molecule has 0 unspecified atom stereocenters. The third kappa shape index (κ3) is 2.83. The summed E-state index contributed by atoms with van der Waals surface area (Å²) < 4.78 is 1.89. The van der Waals surface area contributed by atoms with Gasteiger partial charge < -0.3 is 5.32 Å². The molecule has 1 N–H and O–H groups in total. The molecule has 27 heavy (non-hydrogen) atoms. The largest absolute Gasteiger partial charge is 0.342 e. The minimum atomic E-state index is -0.272. The van der Waals surface area contributed by atoms with Crippen LogP contribution in [0.15, 0.2) is 54.7 Å². The van der Waals surface area contributed by atoms with E-state index in [1.165, 1.54) is 0 Å². The molecular formula is C21H19N5O. The lowest BCUT2D eigenvalue weighted by atomic mass is 10.0. The maximum atomic E-state index is 13.1. The zero-order valence-electron chi connectivity index (χ0n) is 15.0. The highest BCUT2D eigenvalue weighted by atomic mass is 16.1. The Kier molecular flexibility index (Phi) is 3.63. The summed E-state index contributed by atoms with van der Waals surface area (Å²) >= 11 is 0. The predicted octanol–water partition coefficient (Wildman–Crippen LogP) is 3.65. The number of hydrogen-bond acceptors (Lipinski definition) is 4. The van der Waals surface area contributed by atoms with Gasteiger partial charge in [0.2, 0.25) is 0 Å². The summed E-state index contributed by atoms with van der Waals surface area (Å²) in [5.41, 5.74) is 3.31. The van der Waals surface area contributed by atoms with Crippen molar-refractivity contribution in [1.82, 2.24) is 24.9 Å². The summed E-state index contributed by atoms with van der Waals surface area (Å²) in [5.74, 6) is 1.08. The van der Waals surface area contributed by atoms with Gasteiger partial charge in [0, 0.05) is 23.2 Å². The average molecular weight is 357 g/mol. The van der Waals surface area contributed by atoms with Crippen LogP contribution in [0.1, 0.15) is 53.6 Å². The number of para-hydroxylation sites is 1. The van der Waals surface area contributed by atoms with Crippen molar-refractivity contribution in [2.24, 2.45) is 0 Å². The standard InChI is InChI=1S/C21H19N5O/c1-13(20-25-24-19-8-4-5-11-26(19)20)22-21(27)16-12-18(14-9-10-14)23-17-7-3-2-6-15(16)17/h2-8,11-14H,9-10H2,1H3,(H,22,27)/t13-/m0/s1. The van der Waals surface area contributed by atoms with Crippen molar-refractivity contribution in [3.05, 3.63) is 71.8 Å². The van der Waals surface area contributed by atoms with E-state index in [0.29, 0.717) is 17.3 Å². The molecule has 0 spiro atoms. The Morgan fingerprint density at radius 3 is 2.81 bits per heavy atom. The number of fused-ring (bicyclic) bond motifs is 2. The summed E-state index contributed by atoms with van der Waals surface area (Å²) in [6.07, 6.45) is 4.20. The number of hydrogen-bond donors (Lipinski definition) is 1. The molecule has 6 nitrogen and oxygen atoms in total. The number of benzene rings is 1. The highest BCUT2D eigenvalue weighted by Gasteiger charge is 2.27. The molecule has 3 heterocycles. The van der Waals surface area contributed by atoms with Gasteiger partial charge >= 0.3 is 0 Å². The van der Waals surface area contributed by atoms with Crippen LogP contribution in [0.5, 0.6) is 0 Å². The SMILES string of the molecule is C[C@H](NC(=O)c1cc(C2CC2)nc2ccccc12)c1nnc2ccccn12. The Morgan fingerprint density at radius 2 is 1.96 bits per heavy atom. The van der Waals surface area contributed by atoms with Gasteiger partial charge in [-0.25, -0.2) is 0 Å². The monoisotopic (exact) mass is 357 g/mol. The molecule has 1 fully saturated rings. The second-order valence-electron chi connectivity index (χ2n) is 7.07. The molecule has 0 aliphatic heterocycles. The molecule has 6 heteroatoms. The number of pyridine rings is 2. The van der Waals surface area contributed by atoms with Crippen LogP contribution in [0.25, 0.3) is 16.6 Å². The number of amides is 1. The van der Waals surface area contributed by atoms with Gasteiger partial charge in [0.05, 0.1) is 17.1 Å². The molecule has 0 radical (unpaired) electrons. The van der Waals surface area contributed by atoms with Gasteiger partial charge in [-0.2, -0.15) is 0 Å². The van der Waals surface area contributed by atoms with E-state index in [1.807, 2.05) is 66.1 Å². The van der Waals surface area contributed by atoms with Crippen molar-refractivity contribution in [1.29, 1.82) is 0 Å². The van der Waals surface area contributed by atoms with E-state index < -0.39 is 0 Å². The number of carbonyl (C=O) groups is 1. The molecule has 3 aromatic heterocycles. The minimum absolute atomic E-state index is 0.115. The van der Waals surface area contributed by atoms with Crippen LogP contribution in [-0.2, 0) is 0 Å². The van der Waals surface area contributed by atoms with Crippen molar-refractivity contribution in [3.63, 3.8) is 0 Å². The molecule has 1 amide bonds. The van der Waals surface area contributed by atoms with E-state index >= 15 is 0 Å². The molecule has 1 aliphatic carbocycles. The zero-order valence-corrected chi connectivity index (χ0v) is 15.0. The molecule has 134 valence electrons. The topological polar surface area (TPSA) is 72.2 Å². The van der Waals surface area contributed by atoms with Crippen molar-refractivity contribution < 1.29 is 4.79 Å². The highest BCUT2D eigenvalue weighted by Crippen LogP contribution is 2.40. The first kappa shape index (κ1) is 15.9. The first-order chi connectivity index (χ1) is 13.2. The minimum Gasteiger partial charge on any atom is -0.342 e. The van der Waals surface area contributed by atoms with Crippen molar-refractivity contribution in [2.45, 2.75) is 31.7 Å². The van der Waals surface area contributed by atoms with Crippen LogP contribution in [0, 0.1) is 0 Å². The maximum Gasteiger partial charge on any atom is 0.252 e. The summed E-state index contributed by atoms with van der Waals surface area (Å²) in [6.45, 7) is 1.92. The lowest BCUT2D eigenvalue weighted by molar-refractivity contribution is 0.0939. The lowest BCUT2D eigenvalue weighted by Gasteiger charge is -2.14. The van der Waals surface area contributed by atoms with Crippen molar-refractivity contribution >= 4 is 22.5 Å². The normalized spacial score (nSPS) is 15.1. The van der Waals surface area contributed by atoms with E-state index in [2.05, 4.69) is 15.5 Å². The zero-order chi connectivity index (χ0) is 18.4. The Balaban J connectivity index is 1.50. The van der Waals surface area contributed by atoms with Crippen molar-refractivity contribution in [2.75, 3.05) is 0 Å². The Hall–Kier alpha value is -3.28. The van der Waals surface area contributed by atoms with E-state index in [0.717, 1.165) is 35.1 Å². The van der Waals surface area contributed by atoms with E-state index in [1.54, 1.807) is 0 Å². The van der Waals surface area contributed by atoms with Gasteiger partial charge in [-0.3, -0.25) is 14.2 Å². The van der Waals surface area contributed by atoms with Crippen LogP contribution in [0.4, 0.5) is 0 Å². The summed E-state index contributed by atoms with van der Waals surface area (Å²) in [5, 5.41) is 12.4. The molecule has 1 saturated carbocycles. The fourth-order valence-corrected chi connectivity index (χ4v) is 3.47. The fraction of sp³-hybridized carbons (Fsp3) is 0.238. The molecule has 0 bridgehead atoms. The molecule has 4 aromatic rings. The second kappa shape index (κ2) is 6.16. The first-order valence-electron chi connectivity index (χ1n) is 9.21. The van der Waals surface area contributed by atoms with Crippen LogP contribution in [-0.4, -0.2) is 25.5 Å². The Labute approximate surface area is 156 Å². The van der Waals surface area contributed by atoms with Crippen molar-refractivity contribution in [3.8, 4) is 0 Å². The maximum absolute atomic E-state index is 13.1. The Morgan fingerprint density at radius 1 is 1.15 bits per heavy atom. The van der Waals surface area contributed by atoms with Crippen LogP contribution in [0.2, 0.25) is 0 Å². The summed E-state index contributed by atoms with van der Waals surface area (Å²) in [4.78, 5) is 17.8. The number of nitrogens with zero attached hydrogens (tertiary/aromatic N) is 4. The molecule has 1 aromatic carbocycles. The molecular weight excluding hydrogens is 338 g/mol. The lowest BCUT2D eigenvalue weighted by Crippen LogP contribution is -2.28. The Bertz CT molecular complexity index is 1160. The van der Waals surface area contributed by atoms with E-state index in [4.69, 9.17) is 4.98 Å². The van der Waals surface area contributed by atoms with Crippen LogP contribution >= 0.6 is 0 Å². The first-order valence-corrected chi connectivity index (χ1v) is 9.21. The predicted molar refractivity (Wildman–Crippen MR) is 103 cm³/mol. The quantitative estimate of drug-likeness (QED) is 0.605. The van der Waals surface area contributed by atoms with Gasteiger partial charge in [-0.15, -0.1) is 10.2 Å². The van der Waals surface area contributed by atoms with Gasteiger partial charge in [0.15, 0.2) is 11.5 Å². The van der Waals surface area contributed by atoms with Gasteiger partial charge in [-0.1, -0.05) is 24.3 Å². The fourth-order valence-electron chi connectivity index (χ4n) is 3.47. The number of rotatable bonds is 4. The van der Waals surface area contributed by atoms with Gasteiger partial charge in [0.25, 0.3) is 5.91 Å². The molecule has 1 atom stereocenters.